The molecule has 0 saturated carbocycles. The number of carbonyl (C=O) groups excluding carboxylic acids is 1. The second-order valence-corrected chi connectivity index (χ2v) is 7.38. The molecule has 1 aromatic carbocycles. The molecule has 0 aliphatic heterocycles. The van der Waals surface area contributed by atoms with E-state index in [-0.39, 0.29) is 16.7 Å². The van der Waals surface area contributed by atoms with Crippen LogP contribution in [0.15, 0.2) is 34.2 Å². The van der Waals surface area contributed by atoms with E-state index in [1.54, 1.807) is 35.1 Å². The molecule has 1 unspecified atom stereocenters. The second kappa shape index (κ2) is 9.45. The van der Waals surface area contributed by atoms with E-state index in [1.807, 2.05) is 18.2 Å². The Kier molecular flexibility index (Phi) is 7.29. The fourth-order valence-electron chi connectivity index (χ4n) is 2.45. The molecule has 8 heteroatoms. The first-order chi connectivity index (χ1) is 12.8. The van der Waals surface area contributed by atoms with E-state index < -0.39 is 0 Å². The van der Waals surface area contributed by atoms with Crippen molar-refractivity contribution in [3.05, 3.63) is 45.9 Å². The maximum atomic E-state index is 12.4. The summed E-state index contributed by atoms with van der Waals surface area (Å²) < 4.78 is 12.0. The number of aryl methyl sites for hydroxylation is 1. The van der Waals surface area contributed by atoms with Crippen LogP contribution in [0.5, 0.6) is 11.5 Å². The number of benzene rings is 1. The molecule has 1 aromatic heterocycles. The Hall–Kier alpha value is -2.48. The van der Waals surface area contributed by atoms with Gasteiger partial charge in [-0.2, -0.15) is 0 Å². The van der Waals surface area contributed by atoms with Gasteiger partial charge in [0.05, 0.1) is 19.5 Å². The van der Waals surface area contributed by atoms with E-state index in [0.717, 1.165) is 5.56 Å². The molecule has 0 aliphatic rings. The molecule has 0 aliphatic carbocycles. The van der Waals surface area contributed by atoms with Gasteiger partial charge in [-0.3, -0.25) is 14.2 Å². The Morgan fingerprint density at radius 2 is 1.96 bits per heavy atom. The summed E-state index contributed by atoms with van der Waals surface area (Å²) >= 11 is 1.27. The van der Waals surface area contributed by atoms with Gasteiger partial charge in [-0.15, -0.1) is 0 Å². The standard InChI is InChI=1S/C19H25N3O4S/c1-12-10-17(23)22(3)19(21-12)27-13(2)18(24)20-9-8-14-6-7-15(25-4)16(11-14)26-5/h6-7,10-11,13H,8-9H2,1-5H3,(H,20,24). The lowest BCUT2D eigenvalue weighted by Gasteiger charge is -2.14. The van der Waals surface area contributed by atoms with Crippen molar-refractivity contribution in [2.75, 3.05) is 20.8 Å². The predicted molar refractivity (Wildman–Crippen MR) is 106 cm³/mol. The normalized spacial score (nSPS) is 11.7. The lowest BCUT2D eigenvalue weighted by Crippen LogP contribution is -2.33. The molecule has 1 heterocycles. The molecule has 0 bridgehead atoms. The highest BCUT2D eigenvalue weighted by Crippen LogP contribution is 2.27. The van der Waals surface area contributed by atoms with Gasteiger partial charge in [0, 0.05) is 25.4 Å². The van der Waals surface area contributed by atoms with Gasteiger partial charge in [0.15, 0.2) is 16.7 Å². The summed E-state index contributed by atoms with van der Waals surface area (Å²) in [6.07, 6.45) is 0.671. The van der Waals surface area contributed by atoms with Crippen LogP contribution >= 0.6 is 11.8 Å². The number of ether oxygens (including phenoxy) is 2. The highest BCUT2D eigenvalue weighted by molar-refractivity contribution is 8.00. The molecular weight excluding hydrogens is 366 g/mol. The van der Waals surface area contributed by atoms with Gasteiger partial charge >= 0.3 is 0 Å². The molecule has 2 rings (SSSR count). The summed E-state index contributed by atoms with van der Waals surface area (Å²) in [6.45, 7) is 4.06. The number of hydrogen-bond acceptors (Lipinski definition) is 6. The zero-order valence-corrected chi connectivity index (χ0v) is 17.1. The maximum absolute atomic E-state index is 12.4. The fraction of sp³-hybridized carbons (Fsp3) is 0.421. The molecule has 1 amide bonds. The molecule has 1 atom stereocenters. The number of rotatable bonds is 8. The van der Waals surface area contributed by atoms with Crippen LogP contribution in [0.4, 0.5) is 0 Å². The van der Waals surface area contributed by atoms with Crippen LogP contribution in [-0.2, 0) is 18.3 Å². The van der Waals surface area contributed by atoms with Crippen molar-refractivity contribution in [1.29, 1.82) is 0 Å². The average Bonchev–Trinajstić information content (AvgIpc) is 2.65. The number of carbonyl (C=O) groups is 1. The van der Waals surface area contributed by atoms with Crippen LogP contribution < -0.4 is 20.3 Å². The van der Waals surface area contributed by atoms with Crippen LogP contribution in [0, 0.1) is 6.92 Å². The lowest BCUT2D eigenvalue weighted by molar-refractivity contribution is -0.120. The van der Waals surface area contributed by atoms with Crippen molar-refractivity contribution in [3.8, 4) is 11.5 Å². The first-order valence-corrected chi connectivity index (χ1v) is 9.43. The zero-order valence-electron chi connectivity index (χ0n) is 16.2. The van der Waals surface area contributed by atoms with E-state index in [4.69, 9.17) is 9.47 Å². The zero-order chi connectivity index (χ0) is 20.0. The number of amides is 1. The molecule has 146 valence electrons. The topological polar surface area (TPSA) is 82.5 Å². The van der Waals surface area contributed by atoms with Crippen molar-refractivity contribution in [3.63, 3.8) is 0 Å². The van der Waals surface area contributed by atoms with E-state index in [2.05, 4.69) is 10.3 Å². The van der Waals surface area contributed by atoms with Gasteiger partial charge in [0.2, 0.25) is 5.91 Å². The monoisotopic (exact) mass is 391 g/mol. The average molecular weight is 391 g/mol. The highest BCUT2D eigenvalue weighted by atomic mass is 32.2. The van der Waals surface area contributed by atoms with Crippen molar-refractivity contribution in [2.45, 2.75) is 30.7 Å². The minimum absolute atomic E-state index is 0.101. The molecular formula is C19H25N3O4S. The Labute approximate surface area is 163 Å². The Bertz CT molecular complexity index is 867. The van der Waals surface area contributed by atoms with Crippen molar-refractivity contribution < 1.29 is 14.3 Å². The number of aromatic nitrogens is 2. The maximum Gasteiger partial charge on any atom is 0.254 e. The van der Waals surface area contributed by atoms with Crippen LogP contribution in [0.25, 0.3) is 0 Å². The largest absolute Gasteiger partial charge is 0.493 e. The first kappa shape index (κ1) is 20.8. The lowest BCUT2D eigenvalue weighted by atomic mass is 10.1. The highest BCUT2D eigenvalue weighted by Gasteiger charge is 2.17. The number of nitrogens with zero attached hydrogens (tertiary/aromatic N) is 2. The van der Waals surface area contributed by atoms with E-state index in [1.165, 1.54) is 22.4 Å². The summed E-state index contributed by atoms with van der Waals surface area (Å²) in [5.74, 6) is 1.24. The van der Waals surface area contributed by atoms with Gasteiger partial charge in [0.1, 0.15) is 0 Å². The number of nitrogens with one attached hydrogen (secondary N) is 1. The molecule has 0 fully saturated rings. The quantitative estimate of drug-likeness (QED) is 0.547. The third-order valence-corrected chi connectivity index (χ3v) is 5.18. The minimum atomic E-state index is -0.365. The van der Waals surface area contributed by atoms with Crippen molar-refractivity contribution >= 4 is 17.7 Å². The van der Waals surface area contributed by atoms with Gasteiger partial charge < -0.3 is 14.8 Å². The molecule has 1 N–H and O–H groups in total. The molecule has 27 heavy (non-hydrogen) atoms. The van der Waals surface area contributed by atoms with Gasteiger partial charge in [-0.25, -0.2) is 4.98 Å². The Morgan fingerprint density at radius 1 is 1.26 bits per heavy atom. The summed E-state index contributed by atoms with van der Waals surface area (Å²) in [6, 6.07) is 7.16. The summed E-state index contributed by atoms with van der Waals surface area (Å²) in [7, 11) is 4.84. The van der Waals surface area contributed by atoms with Crippen molar-refractivity contribution in [2.24, 2.45) is 7.05 Å². The Morgan fingerprint density at radius 3 is 2.63 bits per heavy atom. The van der Waals surface area contributed by atoms with Gasteiger partial charge in [-0.05, 0) is 38.0 Å². The van der Waals surface area contributed by atoms with Gasteiger partial charge in [-0.1, -0.05) is 17.8 Å². The molecule has 0 saturated heterocycles. The SMILES string of the molecule is COc1ccc(CCNC(=O)C(C)Sc2nc(C)cc(=O)n2C)cc1OC. The Balaban J connectivity index is 1.91. The van der Waals surface area contributed by atoms with Crippen LogP contribution in [0.3, 0.4) is 0 Å². The molecule has 7 nitrogen and oxygen atoms in total. The number of hydrogen-bond donors (Lipinski definition) is 1. The third-order valence-electron chi connectivity index (χ3n) is 4.03. The first-order valence-electron chi connectivity index (χ1n) is 8.55. The number of thioether (sulfide) groups is 1. The molecule has 0 radical (unpaired) electrons. The van der Waals surface area contributed by atoms with Gasteiger partial charge in [0.25, 0.3) is 5.56 Å². The van der Waals surface area contributed by atoms with Crippen LogP contribution in [0.1, 0.15) is 18.2 Å². The van der Waals surface area contributed by atoms with Crippen LogP contribution in [0.2, 0.25) is 0 Å². The van der Waals surface area contributed by atoms with E-state index in [9.17, 15) is 9.59 Å². The van der Waals surface area contributed by atoms with Crippen molar-refractivity contribution in [1.82, 2.24) is 14.9 Å². The minimum Gasteiger partial charge on any atom is -0.493 e. The smallest absolute Gasteiger partial charge is 0.254 e. The molecule has 2 aromatic rings. The number of methoxy groups -OCH3 is 2. The van der Waals surface area contributed by atoms with Crippen LogP contribution in [-0.4, -0.2) is 41.5 Å². The molecule has 0 spiro atoms. The summed E-state index contributed by atoms with van der Waals surface area (Å²) in [5.41, 5.74) is 1.55. The third kappa shape index (κ3) is 5.50. The predicted octanol–water partition coefficient (Wildman–Crippen LogP) is 1.95. The fourth-order valence-corrected chi connectivity index (χ4v) is 3.41. The van der Waals surface area contributed by atoms with E-state index in [0.29, 0.717) is 35.3 Å². The second-order valence-electron chi connectivity index (χ2n) is 6.07. The van der Waals surface area contributed by atoms with E-state index >= 15 is 0 Å². The summed E-state index contributed by atoms with van der Waals surface area (Å²) in [5, 5.41) is 3.08. The summed E-state index contributed by atoms with van der Waals surface area (Å²) in [4.78, 5) is 28.5.